The number of aliphatic hydroxyl groups is 2. The molecule has 0 fully saturated rings. The Morgan fingerprint density at radius 3 is 1.29 bits per heavy atom. The summed E-state index contributed by atoms with van der Waals surface area (Å²) in [4.78, 5) is 30.6. The van der Waals surface area contributed by atoms with E-state index in [1.165, 1.54) is 24.3 Å². The van der Waals surface area contributed by atoms with Gasteiger partial charge < -0.3 is 39.7 Å². The molecule has 4 N–H and O–H groups in total. The zero-order valence-electron chi connectivity index (χ0n) is 26.1. The van der Waals surface area contributed by atoms with Crippen LogP contribution in [0.1, 0.15) is 51.7 Å². The summed E-state index contributed by atoms with van der Waals surface area (Å²) in [6.45, 7) is 8.41. The Balaban J connectivity index is 2.41. The number of rotatable bonds is 15. The first-order valence-electron chi connectivity index (χ1n) is 14.3. The average Bonchev–Trinajstić information content (AvgIpc) is 2.91. The molecule has 2 unspecified atom stereocenters. The smallest absolute Gasteiger partial charge is 0.339 e. The van der Waals surface area contributed by atoms with Crippen LogP contribution in [-0.2, 0) is 30.3 Å². The van der Waals surface area contributed by atoms with Gasteiger partial charge in [0.1, 0.15) is 22.7 Å². The topological polar surface area (TPSA) is 140 Å². The molecule has 0 radical (unpaired) electrons. The summed E-state index contributed by atoms with van der Waals surface area (Å²) in [5.41, 5.74) is -1.52. The van der Waals surface area contributed by atoms with Gasteiger partial charge in [-0.3, -0.25) is 0 Å². The van der Waals surface area contributed by atoms with E-state index in [1.807, 2.05) is 65.7 Å². The molecule has 0 aliphatic heterocycles. The summed E-state index contributed by atoms with van der Waals surface area (Å²) < 4.78 is 11.9. The second kappa shape index (κ2) is 14.8. The number of aromatic hydroxyl groups is 2. The molecule has 10 nitrogen and oxygen atoms in total. The summed E-state index contributed by atoms with van der Waals surface area (Å²) >= 11 is 0. The molecule has 0 bridgehead atoms. The molecule has 10 heteroatoms. The second-order valence-electron chi connectivity index (χ2n) is 12.0. The van der Waals surface area contributed by atoms with Gasteiger partial charge in [-0.15, -0.1) is 0 Å². The van der Waals surface area contributed by atoms with E-state index in [9.17, 15) is 30.0 Å². The molecule has 0 saturated carbocycles. The van der Waals surface area contributed by atoms with Crippen molar-refractivity contribution in [2.75, 3.05) is 41.3 Å². The van der Waals surface area contributed by atoms with Crippen LogP contribution in [0.2, 0.25) is 0 Å². The van der Waals surface area contributed by atoms with E-state index in [0.29, 0.717) is 37.1 Å². The third kappa shape index (κ3) is 8.44. The van der Waals surface area contributed by atoms with Gasteiger partial charge in [0.15, 0.2) is 12.2 Å². The van der Waals surface area contributed by atoms with Crippen molar-refractivity contribution in [3.8, 4) is 11.5 Å². The Labute approximate surface area is 249 Å². The number of carbonyl (C=O) groups excluding carboxylic acids is 2. The first-order valence-corrected chi connectivity index (χ1v) is 14.3. The molecule has 234 valence electrons. The molecule has 0 saturated heterocycles. The maximum absolute atomic E-state index is 13.4. The summed E-state index contributed by atoms with van der Waals surface area (Å²) in [5, 5.41) is 42.2. The molecule has 0 amide bonds. The minimum absolute atomic E-state index is 0.0164. The number of hydrogen-bond donors (Lipinski definition) is 4. The van der Waals surface area contributed by atoms with E-state index in [0.717, 1.165) is 0 Å². The predicted octanol–water partition coefficient (Wildman–Crippen LogP) is 3.21. The molecule has 2 rings (SSSR count). The largest absolute Gasteiger partial charge is 0.508 e. The Kier molecular flexibility index (Phi) is 12.4. The van der Waals surface area contributed by atoms with Crippen molar-refractivity contribution >= 4 is 11.9 Å². The van der Waals surface area contributed by atoms with Gasteiger partial charge in [0, 0.05) is 25.9 Å². The Morgan fingerprint density at radius 1 is 0.690 bits per heavy atom. The zero-order chi connectivity index (χ0) is 31.8. The molecular formula is C32H48N2O8. The van der Waals surface area contributed by atoms with Gasteiger partial charge in [-0.2, -0.15) is 0 Å². The van der Waals surface area contributed by atoms with Crippen LogP contribution in [0, 0.1) is 11.8 Å². The molecule has 0 aromatic heterocycles. The highest BCUT2D eigenvalue weighted by Crippen LogP contribution is 2.41. The highest BCUT2D eigenvalue weighted by molar-refractivity contribution is 5.85. The lowest BCUT2D eigenvalue weighted by atomic mass is 9.80. The van der Waals surface area contributed by atoms with Crippen LogP contribution in [0.25, 0.3) is 0 Å². The van der Waals surface area contributed by atoms with E-state index in [1.54, 1.807) is 24.3 Å². The number of phenols is 2. The first kappa shape index (κ1) is 35.0. The van der Waals surface area contributed by atoms with Crippen LogP contribution in [0.15, 0.2) is 48.5 Å². The van der Waals surface area contributed by atoms with Gasteiger partial charge in [0.05, 0.1) is 0 Å². The van der Waals surface area contributed by atoms with Crippen molar-refractivity contribution < 1.29 is 39.5 Å². The fraction of sp³-hybridized carbons (Fsp3) is 0.562. The monoisotopic (exact) mass is 588 g/mol. The van der Waals surface area contributed by atoms with Gasteiger partial charge in [-0.1, -0.05) is 52.0 Å². The quantitative estimate of drug-likeness (QED) is 0.229. The van der Waals surface area contributed by atoms with Gasteiger partial charge in [0.25, 0.3) is 0 Å². The van der Waals surface area contributed by atoms with Crippen molar-refractivity contribution in [1.82, 2.24) is 9.80 Å². The molecule has 0 aliphatic carbocycles. The maximum Gasteiger partial charge on any atom is 0.339 e. The van der Waals surface area contributed by atoms with Crippen molar-refractivity contribution in [2.24, 2.45) is 11.8 Å². The minimum Gasteiger partial charge on any atom is -0.508 e. The minimum atomic E-state index is -2.24. The summed E-state index contributed by atoms with van der Waals surface area (Å²) in [6.07, 6.45) is -3.85. The SMILES string of the molecule is CC(C)[C@](CCN(C)C)(OC(=O)C(O)C(O)C(=O)O[C@](CCN(C)C)(c1cccc(O)c1)C(C)C)c1cccc(O)c1. The molecule has 2 aromatic rings. The lowest BCUT2D eigenvalue weighted by Gasteiger charge is -2.40. The standard InChI is InChI=1S/C32H48N2O8/c1-21(2)31(15-17-33(5)6,23-11-9-13-25(35)19-23)41-29(39)27(37)28(38)30(40)42-32(22(3)4,16-18-34(7)8)24-12-10-14-26(36)20-24/h9-14,19-22,27-28,35-38H,15-18H2,1-8H3/t27?,28?,31-,32-/m0/s1. The molecule has 0 heterocycles. The van der Waals surface area contributed by atoms with E-state index in [-0.39, 0.29) is 23.3 Å². The van der Waals surface area contributed by atoms with E-state index in [4.69, 9.17) is 9.47 Å². The number of nitrogens with zero attached hydrogens (tertiary/aromatic N) is 2. The Morgan fingerprint density at radius 2 is 1.02 bits per heavy atom. The van der Waals surface area contributed by atoms with Crippen molar-refractivity contribution in [3.63, 3.8) is 0 Å². The summed E-state index contributed by atoms with van der Waals surface area (Å²) in [6, 6.07) is 12.7. The third-order valence-electron chi connectivity index (χ3n) is 7.74. The Bertz CT molecular complexity index is 1090. The van der Waals surface area contributed by atoms with Crippen LogP contribution < -0.4 is 0 Å². The predicted molar refractivity (Wildman–Crippen MR) is 160 cm³/mol. The number of hydrogen-bond acceptors (Lipinski definition) is 10. The third-order valence-corrected chi connectivity index (χ3v) is 7.74. The zero-order valence-corrected chi connectivity index (χ0v) is 26.1. The van der Waals surface area contributed by atoms with Gasteiger partial charge in [-0.25, -0.2) is 9.59 Å². The molecular weight excluding hydrogens is 540 g/mol. The normalized spacial score (nSPS) is 16.2. The maximum atomic E-state index is 13.4. The fourth-order valence-electron chi connectivity index (χ4n) is 5.04. The Hall–Kier alpha value is -3.18. The van der Waals surface area contributed by atoms with Crippen molar-refractivity contribution in [2.45, 2.75) is 63.9 Å². The van der Waals surface area contributed by atoms with E-state index < -0.39 is 35.3 Å². The van der Waals surface area contributed by atoms with Gasteiger partial charge in [0.2, 0.25) is 0 Å². The van der Waals surface area contributed by atoms with Crippen LogP contribution >= 0.6 is 0 Å². The molecule has 42 heavy (non-hydrogen) atoms. The van der Waals surface area contributed by atoms with Crippen LogP contribution in [0.4, 0.5) is 0 Å². The molecule has 4 atom stereocenters. The molecule has 2 aromatic carbocycles. The number of esters is 2. The van der Waals surface area contributed by atoms with Gasteiger partial charge in [-0.05, 0) is 75.4 Å². The highest BCUT2D eigenvalue weighted by atomic mass is 16.6. The number of ether oxygens (including phenoxy) is 2. The fourth-order valence-corrected chi connectivity index (χ4v) is 5.04. The lowest BCUT2D eigenvalue weighted by molar-refractivity contribution is -0.198. The number of carbonyl (C=O) groups is 2. The van der Waals surface area contributed by atoms with Crippen LogP contribution in [-0.4, -0.2) is 95.7 Å². The summed E-state index contributed by atoms with van der Waals surface area (Å²) in [7, 11) is 7.48. The van der Waals surface area contributed by atoms with E-state index >= 15 is 0 Å². The van der Waals surface area contributed by atoms with Crippen molar-refractivity contribution in [3.05, 3.63) is 59.7 Å². The molecule has 0 aliphatic rings. The van der Waals surface area contributed by atoms with Crippen LogP contribution in [0.5, 0.6) is 11.5 Å². The lowest BCUT2D eigenvalue weighted by Crippen LogP contribution is -2.49. The van der Waals surface area contributed by atoms with Crippen LogP contribution in [0.3, 0.4) is 0 Å². The molecule has 0 spiro atoms. The highest BCUT2D eigenvalue weighted by Gasteiger charge is 2.46. The first-order chi connectivity index (χ1) is 19.6. The number of aliphatic hydroxyl groups excluding tert-OH is 2. The number of phenolic OH excluding ortho intramolecular Hbond substituents is 2. The number of benzene rings is 2. The van der Waals surface area contributed by atoms with Crippen molar-refractivity contribution in [1.29, 1.82) is 0 Å². The summed E-state index contributed by atoms with van der Waals surface area (Å²) in [5.74, 6) is -3.03. The second-order valence-corrected chi connectivity index (χ2v) is 12.0. The van der Waals surface area contributed by atoms with Gasteiger partial charge >= 0.3 is 11.9 Å². The van der Waals surface area contributed by atoms with E-state index in [2.05, 4.69) is 0 Å². The average molecular weight is 589 g/mol.